The fourth-order valence-corrected chi connectivity index (χ4v) is 8.18. The Hall–Kier alpha value is -2.46. The first-order chi connectivity index (χ1) is 27.6. The van der Waals surface area contributed by atoms with E-state index < -0.39 is 99.5 Å². The van der Waals surface area contributed by atoms with Gasteiger partial charge in [-0.25, -0.2) is 23.1 Å². The van der Waals surface area contributed by atoms with Crippen LogP contribution in [-0.4, -0.2) is 101 Å². The molecule has 22 nitrogen and oxygen atoms in total. The van der Waals surface area contributed by atoms with Crippen LogP contribution in [0.1, 0.15) is 113 Å². The molecule has 1 saturated carbocycles. The molecule has 0 aromatic rings. The molecule has 26 heteroatoms. The minimum Gasteiger partial charge on any atom is -0.456 e. The summed E-state index contributed by atoms with van der Waals surface area (Å²) in [6.45, 7) is 0.364. The molecule has 11 N–H and O–H groups in total. The van der Waals surface area contributed by atoms with Gasteiger partial charge in [0.1, 0.15) is 37.1 Å². The van der Waals surface area contributed by atoms with E-state index in [0.717, 1.165) is 25.7 Å². The fraction of sp³-hybridized carbons (Fsp3) is 0.706. The van der Waals surface area contributed by atoms with Crippen molar-refractivity contribution in [3.05, 3.63) is 0 Å². The van der Waals surface area contributed by atoms with Crippen molar-refractivity contribution in [2.45, 2.75) is 140 Å². The van der Waals surface area contributed by atoms with Crippen molar-refractivity contribution in [2.75, 3.05) is 13.2 Å². The Bertz CT molecular complexity index is 1790. The monoisotopic (exact) mass is 951 g/mol. The molecular weight excluding hydrogens is 882 g/mol. The summed E-state index contributed by atoms with van der Waals surface area (Å²) >= 11 is 0. The Kier molecular flexibility index (Phi) is 28.6. The Labute approximate surface area is 359 Å². The molecule has 1 aliphatic carbocycles. The van der Waals surface area contributed by atoms with Crippen LogP contribution in [0.15, 0.2) is 0 Å². The summed E-state index contributed by atoms with van der Waals surface area (Å²) in [6, 6.07) is 0. The van der Waals surface area contributed by atoms with Crippen molar-refractivity contribution < 1.29 is 109 Å². The Morgan fingerprint density at radius 1 is 0.667 bits per heavy atom. The van der Waals surface area contributed by atoms with Gasteiger partial charge in [-0.3, -0.25) is 27.4 Å². The number of hydrogen-bond acceptors (Lipinski definition) is 15. The van der Waals surface area contributed by atoms with Crippen molar-refractivity contribution in [2.24, 2.45) is 0 Å². The number of phosphoric ester groups is 4. The molecule has 0 heterocycles. The number of aliphatic hydroxyl groups excluding tert-OH is 1. The number of hydrogen-bond donors (Lipinski definition) is 9. The highest BCUT2D eigenvalue weighted by Crippen LogP contribution is 2.53. The minimum absolute atomic E-state index is 0. The highest BCUT2D eigenvalue weighted by atomic mass is 31.2. The second kappa shape index (κ2) is 29.8. The maximum atomic E-state index is 13.1. The summed E-state index contributed by atoms with van der Waals surface area (Å²) in [7, 11) is -22.5. The molecule has 0 aromatic carbocycles. The predicted molar refractivity (Wildman–Crippen MR) is 225 cm³/mol. The van der Waals surface area contributed by atoms with Crippen LogP contribution in [-0.2, 0) is 59.9 Å². The van der Waals surface area contributed by atoms with Gasteiger partial charge in [0.25, 0.3) is 0 Å². The normalized spacial score (nSPS) is 20.5. The smallest absolute Gasteiger partial charge is 0.456 e. The molecule has 0 radical (unpaired) electrons. The molecule has 0 amide bonds. The molecule has 3 unspecified atom stereocenters. The lowest BCUT2D eigenvalue weighted by atomic mass is 9.87. The summed E-state index contributed by atoms with van der Waals surface area (Å²) in [6.07, 6.45) is 3.76. The average Bonchev–Trinajstić information content (AvgIpc) is 3.11. The van der Waals surface area contributed by atoms with Crippen molar-refractivity contribution >= 4 is 43.2 Å². The third kappa shape index (κ3) is 29.0. The quantitative estimate of drug-likeness (QED) is 0.0161. The van der Waals surface area contributed by atoms with E-state index in [2.05, 4.69) is 50.1 Å². The van der Waals surface area contributed by atoms with E-state index in [4.69, 9.17) is 24.9 Å². The predicted octanol–water partition coefficient (Wildman–Crippen LogP) is 5.15. The number of rotatable bonds is 28. The van der Waals surface area contributed by atoms with Crippen LogP contribution >= 0.6 is 31.3 Å². The van der Waals surface area contributed by atoms with Crippen molar-refractivity contribution in [1.82, 2.24) is 6.15 Å². The zero-order valence-corrected chi connectivity index (χ0v) is 36.5. The first-order valence-corrected chi connectivity index (χ1v) is 24.5. The number of esters is 2. The number of carbonyl (C=O) groups is 2. The molecule has 60 heavy (non-hydrogen) atoms. The van der Waals surface area contributed by atoms with Gasteiger partial charge in [0.05, 0.1) is 6.61 Å². The fourth-order valence-electron chi connectivity index (χ4n) is 5.52. The largest absolute Gasteiger partial charge is 0.472 e. The van der Waals surface area contributed by atoms with Crippen LogP contribution < -0.4 is 6.15 Å². The Morgan fingerprint density at radius 2 is 1.15 bits per heavy atom. The molecule has 1 rings (SSSR count). The highest BCUT2D eigenvalue weighted by molar-refractivity contribution is 7.47. The number of aliphatic hydroxyl groups is 1. The summed E-state index contributed by atoms with van der Waals surface area (Å²) < 4.78 is 81.1. The van der Waals surface area contributed by atoms with E-state index in [1.54, 1.807) is 0 Å². The van der Waals surface area contributed by atoms with Crippen molar-refractivity contribution in [3.63, 3.8) is 0 Å². The summed E-state index contributed by atoms with van der Waals surface area (Å²) in [4.78, 5) is 91.4. The highest BCUT2D eigenvalue weighted by Gasteiger charge is 2.54. The summed E-state index contributed by atoms with van der Waals surface area (Å²) in [5, 5.41) is 10.8. The number of ether oxygens (including phenoxy) is 2. The molecule has 0 saturated heterocycles. The van der Waals surface area contributed by atoms with E-state index in [1.165, 1.54) is 44.9 Å². The second-order valence-corrected chi connectivity index (χ2v) is 18.0. The van der Waals surface area contributed by atoms with Gasteiger partial charge >= 0.3 is 43.2 Å². The number of phosphoric acid groups is 4. The molecule has 0 aromatic heterocycles. The molecule has 1 aliphatic rings. The third-order valence-electron chi connectivity index (χ3n) is 8.02. The number of unbranched alkanes of at least 4 members (excludes halogenated alkanes) is 12. The van der Waals surface area contributed by atoms with E-state index in [9.17, 15) is 67.2 Å². The standard InChI is InChI=1S/C34H52O21P4.H3N.7H2/c1-3-5-7-9-11-12-13-14-15-16-17-19-21-23-31(36)51-27(25-49-30(35)22-20-18-10-8-6-4-2)26-50-59(47,48)53-28-24-29(52-56(38,39)40)33(54-57(41,42)43)34(32(28)37)55-58(44,45)46;;;;;;;;/h2,27-29,32-34,37H,3,5,7,9,11-17,19,21,23-26H2,1H3,(H,47,48)(H2,38,39,40)(H2,41,42,43)(H2,44,45,46);1H3;7*1H/t27-,28?,29-,32+,33?,34+;;;;;;;;/m1......../s1. The van der Waals surface area contributed by atoms with Gasteiger partial charge in [-0.15, -0.1) is 6.42 Å². The van der Waals surface area contributed by atoms with Crippen LogP contribution in [0.25, 0.3) is 0 Å². The molecule has 0 spiro atoms. The van der Waals surface area contributed by atoms with Crippen LogP contribution in [0.2, 0.25) is 0 Å². The lowest BCUT2D eigenvalue weighted by Crippen LogP contribution is -2.58. The van der Waals surface area contributed by atoms with Crippen LogP contribution in [0.5, 0.6) is 0 Å². The van der Waals surface area contributed by atoms with Crippen LogP contribution in [0, 0.1) is 47.9 Å². The zero-order chi connectivity index (χ0) is 44.5. The number of terminal acetylenes is 1. The van der Waals surface area contributed by atoms with Crippen LogP contribution in [0.3, 0.4) is 0 Å². The van der Waals surface area contributed by atoms with Crippen molar-refractivity contribution in [1.29, 1.82) is 0 Å². The van der Waals surface area contributed by atoms with Gasteiger partial charge < -0.3 is 55.0 Å². The number of carbonyl (C=O) groups excluding carboxylic acids is 2. The van der Waals surface area contributed by atoms with Crippen molar-refractivity contribution in [3.8, 4) is 47.9 Å². The molecule has 0 aliphatic heterocycles. The SMILES string of the molecule is C#CC#CC#CC#CC(=O)OC[C@H](COP(=O)(O)OC1C[C@@H](OP(=O)(O)O)C(OP(=O)(O)O)[C@@H](OP(=O)(O)O)[C@H]1O)OC(=O)CCCCCCCCCCCCCCC.N.[HH].[HH].[HH].[HH].[HH].[HH].[HH]. The maximum absolute atomic E-state index is 13.1. The molecule has 356 valence electrons. The van der Waals surface area contributed by atoms with E-state index >= 15 is 0 Å². The van der Waals surface area contributed by atoms with E-state index in [0.29, 0.717) is 12.8 Å². The molecule has 1 fully saturated rings. The summed E-state index contributed by atoms with van der Waals surface area (Å²) in [5.41, 5.74) is 0. The summed E-state index contributed by atoms with van der Waals surface area (Å²) in [5.74, 6) is 13.1. The van der Waals surface area contributed by atoms with E-state index in [1.807, 2.05) is 11.8 Å². The maximum Gasteiger partial charge on any atom is 0.472 e. The lowest BCUT2D eigenvalue weighted by Gasteiger charge is -2.43. The van der Waals surface area contributed by atoms with Gasteiger partial charge in [0, 0.05) is 28.7 Å². The Morgan fingerprint density at radius 3 is 1.67 bits per heavy atom. The van der Waals surface area contributed by atoms with Gasteiger partial charge in [0.15, 0.2) is 6.10 Å². The topological polar surface area (TPSA) is 364 Å². The van der Waals surface area contributed by atoms with Crippen LogP contribution in [0.4, 0.5) is 0 Å². The van der Waals surface area contributed by atoms with Gasteiger partial charge in [-0.05, 0) is 41.9 Å². The molecule has 0 bridgehead atoms. The second-order valence-electron chi connectivity index (χ2n) is 13.0. The first kappa shape index (κ1) is 57.5. The minimum atomic E-state index is -5.70. The van der Waals surface area contributed by atoms with Gasteiger partial charge in [0.2, 0.25) is 0 Å². The first-order valence-electron chi connectivity index (χ1n) is 18.4. The zero-order valence-electron chi connectivity index (χ0n) is 32.9. The lowest BCUT2D eigenvalue weighted by molar-refractivity contribution is -0.165. The van der Waals surface area contributed by atoms with Gasteiger partial charge in [-0.2, -0.15) is 0 Å². The third-order valence-corrected chi connectivity index (χ3v) is 10.6. The van der Waals surface area contributed by atoms with E-state index in [-0.39, 0.29) is 22.6 Å². The molecular formula is C34H69NO21P4. The molecule has 7 atom stereocenters. The average molecular weight is 952 g/mol. The van der Waals surface area contributed by atoms with Gasteiger partial charge in [-0.1, -0.05) is 84.0 Å². The Balaban J connectivity index is -0.000000725.